The zero-order valence-corrected chi connectivity index (χ0v) is 21.0. The van der Waals surface area contributed by atoms with Gasteiger partial charge >= 0.3 is 0 Å². The third-order valence-corrected chi connectivity index (χ3v) is 6.61. The normalized spacial score (nSPS) is 10.9. The molecular weight excluding hydrogens is 468 g/mol. The Morgan fingerprint density at radius 3 is 2.35 bits per heavy atom. The molecule has 0 bridgehead atoms. The van der Waals surface area contributed by atoms with Crippen LogP contribution in [0.2, 0.25) is 5.02 Å². The fourth-order valence-corrected chi connectivity index (χ4v) is 4.80. The van der Waals surface area contributed by atoms with E-state index in [2.05, 4.69) is 27.6 Å². The monoisotopic (exact) mass is 492 g/mol. The summed E-state index contributed by atoms with van der Waals surface area (Å²) < 4.78 is 7.20. The molecule has 3 aromatic carbocycles. The molecule has 0 saturated carbocycles. The van der Waals surface area contributed by atoms with Gasteiger partial charge in [-0.05, 0) is 68.3 Å². The van der Waals surface area contributed by atoms with E-state index in [-0.39, 0.29) is 11.7 Å². The number of benzene rings is 3. The van der Waals surface area contributed by atoms with Crippen molar-refractivity contribution in [2.75, 3.05) is 18.2 Å². The van der Waals surface area contributed by atoms with Crippen LogP contribution in [-0.2, 0) is 4.79 Å². The molecule has 0 aliphatic carbocycles. The number of amides is 1. The van der Waals surface area contributed by atoms with Crippen molar-refractivity contribution in [2.24, 2.45) is 0 Å². The average Bonchev–Trinajstić information content (AvgIpc) is 3.24. The fraction of sp³-hybridized carbons (Fsp3) is 0.192. The largest absolute Gasteiger partial charge is 0.497 e. The van der Waals surface area contributed by atoms with Crippen molar-refractivity contribution in [3.05, 3.63) is 82.4 Å². The number of methoxy groups -OCH3 is 1. The van der Waals surface area contributed by atoms with Crippen LogP contribution in [0.4, 0.5) is 5.69 Å². The van der Waals surface area contributed by atoms with Gasteiger partial charge in [0.25, 0.3) is 0 Å². The highest BCUT2D eigenvalue weighted by Crippen LogP contribution is 2.32. The maximum atomic E-state index is 12.8. The quantitative estimate of drug-likeness (QED) is 0.309. The number of rotatable bonds is 7. The van der Waals surface area contributed by atoms with Crippen molar-refractivity contribution in [3.8, 4) is 22.8 Å². The van der Waals surface area contributed by atoms with Crippen molar-refractivity contribution in [1.29, 1.82) is 0 Å². The lowest BCUT2D eigenvalue weighted by Gasteiger charge is -2.13. The highest BCUT2D eigenvalue weighted by Gasteiger charge is 2.19. The lowest BCUT2D eigenvalue weighted by molar-refractivity contribution is -0.113. The Kier molecular flexibility index (Phi) is 7.24. The smallest absolute Gasteiger partial charge is 0.234 e. The molecule has 0 aliphatic heterocycles. The van der Waals surface area contributed by atoms with Gasteiger partial charge in [-0.1, -0.05) is 53.2 Å². The van der Waals surface area contributed by atoms with Crippen molar-refractivity contribution in [2.45, 2.75) is 25.9 Å². The molecule has 174 valence electrons. The molecule has 8 heteroatoms. The van der Waals surface area contributed by atoms with Gasteiger partial charge in [0.2, 0.25) is 5.91 Å². The van der Waals surface area contributed by atoms with Gasteiger partial charge in [0.1, 0.15) is 5.75 Å². The number of halogens is 1. The predicted octanol–water partition coefficient (Wildman–Crippen LogP) is 6.25. The second-order valence-electron chi connectivity index (χ2n) is 7.93. The van der Waals surface area contributed by atoms with Gasteiger partial charge in [0.05, 0.1) is 17.9 Å². The molecule has 0 fully saturated rings. The van der Waals surface area contributed by atoms with E-state index in [0.29, 0.717) is 16.0 Å². The summed E-state index contributed by atoms with van der Waals surface area (Å²) in [4.78, 5) is 12.8. The van der Waals surface area contributed by atoms with E-state index in [1.54, 1.807) is 7.11 Å². The van der Waals surface area contributed by atoms with Crippen LogP contribution in [0.5, 0.6) is 5.75 Å². The molecule has 34 heavy (non-hydrogen) atoms. The Morgan fingerprint density at radius 1 is 1.03 bits per heavy atom. The van der Waals surface area contributed by atoms with E-state index in [0.717, 1.165) is 33.8 Å². The lowest BCUT2D eigenvalue weighted by Crippen LogP contribution is -2.16. The standard InChI is InChI=1S/C26H25ClN4O2S/c1-16-13-17(2)24(18(3)14-16)28-23(32)15-34-26-30-29-25(21-7-5-6-8-22(21)27)31(26)19-9-11-20(33-4)12-10-19/h5-14H,15H2,1-4H3,(H,28,32). The predicted molar refractivity (Wildman–Crippen MR) is 138 cm³/mol. The van der Waals surface area contributed by atoms with E-state index < -0.39 is 0 Å². The topological polar surface area (TPSA) is 69.0 Å². The minimum absolute atomic E-state index is 0.108. The van der Waals surface area contributed by atoms with Gasteiger partial charge in [0, 0.05) is 16.9 Å². The average molecular weight is 493 g/mol. The molecule has 1 amide bonds. The van der Waals surface area contributed by atoms with E-state index >= 15 is 0 Å². The first kappa shape index (κ1) is 23.9. The van der Waals surface area contributed by atoms with Crippen LogP contribution < -0.4 is 10.1 Å². The summed E-state index contributed by atoms with van der Waals surface area (Å²) in [5.41, 5.74) is 5.70. The number of aryl methyl sites for hydroxylation is 3. The second kappa shape index (κ2) is 10.3. The van der Waals surface area contributed by atoms with E-state index in [1.165, 1.54) is 17.3 Å². The Morgan fingerprint density at radius 2 is 1.71 bits per heavy atom. The maximum Gasteiger partial charge on any atom is 0.234 e. The number of hydrogen-bond donors (Lipinski definition) is 1. The van der Waals surface area contributed by atoms with Gasteiger partial charge in [-0.2, -0.15) is 0 Å². The number of hydrogen-bond acceptors (Lipinski definition) is 5. The van der Waals surface area contributed by atoms with Gasteiger partial charge in [-0.3, -0.25) is 9.36 Å². The summed E-state index contributed by atoms with van der Waals surface area (Å²) in [6.07, 6.45) is 0. The SMILES string of the molecule is COc1ccc(-n2c(SCC(=O)Nc3c(C)cc(C)cc3C)nnc2-c2ccccc2Cl)cc1. The Hall–Kier alpha value is -3.29. The number of ether oxygens (including phenoxy) is 1. The molecule has 0 radical (unpaired) electrons. The van der Waals surface area contributed by atoms with Crippen LogP contribution >= 0.6 is 23.4 Å². The summed E-state index contributed by atoms with van der Waals surface area (Å²) in [6, 6.07) is 19.2. The van der Waals surface area contributed by atoms with Gasteiger partial charge < -0.3 is 10.1 Å². The van der Waals surface area contributed by atoms with Crippen LogP contribution in [-0.4, -0.2) is 33.5 Å². The van der Waals surface area contributed by atoms with E-state index in [4.69, 9.17) is 16.3 Å². The molecule has 0 atom stereocenters. The molecule has 1 heterocycles. The number of thioether (sulfide) groups is 1. The first-order valence-electron chi connectivity index (χ1n) is 10.7. The molecule has 1 aromatic heterocycles. The molecule has 1 N–H and O–H groups in total. The first-order valence-corrected chi connectivity index (χ1v) is 12.1. The zero-order chi connectivity index (χ0) is 24.2. The number of anilines is 1. The summed E-state index contributed by atoms with van der Waals surface area (Å²) >= 11 is 7.78. The molecule has 0 unspecified atom stereocenters. The summed E-state index contributed by atoms with van der Waals surface area (Å²) in [5.74, 6) is 1.42. The Bertz CT molecular complexity index is 1310. The number of carbonyl (C=O) groups is 1. The Labute approximate surface area is 208 Å². The molecule has 0 saturated heterocycles. The maximum absolute atomic E-state index is 12.8. The van der Waals surface area contributed by atoms with E-state index in [9.17, 15) is 4.79 Å². The lowest BCUT2D eigenvalue weighted by atomic mass is 10.1. The summed E-state index contributed by atoms with van der Waals surface area (Å²) in [7, 11) is 1.63. The molecule has 4 aromatic rings. The number of aromatic nitrogens is 3. The minimum Gasteiger partial charge on any atom is -0.497 e. The van der Waals surface area contributed by atoms with Crippen LogP contribution in [0.25, 0.3) is 17.1 Å². The molecule has 4 rings (SSSR count). The van der Waals surface area contributed by atoms with Crippen molar-refractivity contribution < 1.29 is 9.53 Å². The number of nitrogens with zero attached hydrogens (tertiary/aromatic N) is 3. The van der Waals surface area contributed by atoms with Gasteiger partial charge in [-0.25, -0.2) is 0 Å². The molecule has 6 nitrogen and oxygen atoms in total. The van der Waals surface area contributed by atoms with Gasteiger partial charge in [-0.15, -0.1) is 10.2 Å². The molecule has 0 aliphatic rings. The highest BCUT2D eigenvalue weighted by molar-refractivity contribution is 7.99. The van der Waals surface area contributed by atoms with Crippen molar-refractivity contribution >= 4 is 35.0 Å². The van der Waals surface area contributed by atoms with Crippen LogP contribution in [0.15, 0.2) is 65.8 Å². The molecule has 0 spiro atoms. The number of nitrogens with one attached hydrogen (secondary N) is 1. The van der Waals surface area contributed by atoms with Crippen LogP contribution in [0.3, 0.4) is 0 Å². The third-order valence-electron chi connectivity index (χ3n) is 5.35. The van der Waals surface area contributed by atoms with E-state index in [1.807, 2.05) is 73.9 Å². The van der Waals surface area contributed by atoms with Crippen LogP contribution in [0.1, 0.15) is 16.7 Å². The second-order valence-corrected chi connectivity index (χ2v) is 9.28. The van der Waals surface area contributed by atoms with Crippen molar-refractivity contribution in [1.82, 2.24) is 14.8 Å². The summed E-state index contributed by atoms with van der Waals surface area (Å²) in [5, 5.41) is 13.0. The molecular formula is C26H25ClN4O2S. The third kappa shape index (κ3) is 5.11. The van der Waals surface area contributed by atoms with Crippen molar-refractivity contribution in [3.63, 3.8) is 0 Å². The minimum atomic E-state index is -0.108. The summed E-state index contributed by atoms with van der Waals surface area (Å²) in [6.45, 7) is 6.04. The fourth-order valence-electron chi connectivity index (χ4n) is 3.83. The van der Waals surface area contributed by atoms with Gasteiger partial charge in [0.15, 0.2) is 11.0 Å². The Balaban J connectivity index is 1.63. The highest BCUT2D eigenvalue weighted by atomic mass is 35.5. The number of carbonyl (C=O) groups excluding carboxylic acids is 1. The first-order chi connectivity index (χ1) is 16.4. The zero-order valence-electron chi connectivity index (χ0n) is 19.4. The van der Waals surface area contributed by atoms with Crippen LogP contribution in [0, 0.1) is 20.8 Å².